The molecule has 27 heavy (non-hydrogen) atoms. The van der Waals surface area contributed by atoms with Crippen molar-refractivity contribution in [2.24, 2.45) is 0 Å². The molecule has 0 heterocycles. The van der Waals surface area contributed by atoms with Gasteiger partial charge in [0.05, 0.1) is 0 Å². The number of carbonyl (C=O) groups is 1. The molecule has 138 valence electrons. The SMILES string of the molecule is Cc1ccc(C(=O)Nc2ccccc2)cc1NCCOc1ccccc1F. The van der Waals surface area contributed by atoms with Gasteiger partial charge in [0, 0.05) is 23.5 Å². The normalized spacial score (nSPS) is 10.3. The second-order valence-electron chi connectivity index (χ2n) is 6.06. The summed E-state index contributed by atoms with van der Waals surface area (Å²) in [6.07, 6.45) is 0. The highest BCUT2D eigenvalue weighted by Crippen LogP contribution is 2.19. The lowest BCUT2D eigenvalue weighted by Gasteiger charge is -2.13. The zero-order chi connectivity index (χ0) is 19.1. The van der Waals surface area contributed by atoms with E-state index in [9.17, 15) is 9.18 Å². The molecule has 0 aliphatic heterocycles. The van der Waals surface area contributed by atoms with Gasteiger partial charge in [0.15, 0.2) is 11.6 Å². The summed E-state index contributed by atoms with van der Waals surface area (Å²) < 4.78 is 19.0. The summed E-state index contributed by atoms with van der Waals surface area (Å²) in [5.41, 5.74) is 3.16. The highest BCUT2D eigenvalue weighted by Gasteiger charge is 2.09. The predicted molar refractivity (Wildman–Crippen MR) is 106 cm³/mol. The van der Waals surface area contributed by atoms with Crippen LogP contribution in [0.1, 0.15) is 15.9 Å². The highest BCUT2D eigenvalue weighted by molar-refractivity contribution is 6.04. The van der Waals surface area contributed by atoms with E-state index in [2.05, 4.69) is 10.6 Å². The van der Waals surface area contributed by atoms with Crippen LogP contribution < -0.4 is 15.4 Å². The number of amides is 1. The third-order valence-corrected chi connectivity index (χ3v) is 4.04. The first-order chi connectivity index (χ1) is 13.1. The number of aryl methyl sites for hydroxylation is 1. The van der Waals surface area contributed by atoms with Gasteiger partial charge in [-0.15, -0.1) is 0 Å². The van der Waals surface area contributed by atoms with E-state index < -0.39 is 0 Å². The standard InChI is InChI=1S/C22H21FN2O2/c1-16-11-12-17(22(26)25-18-7-3-2-4-8-18)15-20(16)24-13-14-27-21-10-6-5-9-19(21)23/h2-12,15,24H,13-14H2,1H3,(H,25,26). The van der Waals surface area contributed by atoms with Crippen LogP contribution in [0.3, 0.4) is 0 Å². The monoisotopic (exact) mass is 364 g/mol. The maximum absolute atomic E-state index is 13.5. The molecule has 0 radical (unpaired) electrons. The lowest BCUT2D eigenvalue weighted by Crippen LogP contribution is -2.15. The molecule has 0 saturated heterocycles. The van der Waals surface area contributed by atoms with Crippen LogP contribution in [-0.2, 0) is 0 Å². The molecule has 0 aromatic heterocycles. The lowest BCUT2D eigenvalue weighted by molar-refractivity contribution is 0.102. The van der Waals surface area contributed by atoms with Crippen LogP contribution >= 0.6 is 0 Å². The molecule has 1 amide bonds. The van der Waals surface area contributed by atoms with Crippen LogP contribution in [-0.4, -0.2) is 19.1 Å². The average molecular weight is 364 g/mol. The number of carbonyl (C=O) groups excluding carboxylic acids is 1. The first kappa shape index (κ1) is 18.5. The smallest absolute Gasteiger partial charge is 0.255 e. The van der Waals surface area contributed by atoms with Gasteiger partial charge in [0.1, 0.15) is 6.61 Å². The van der Waals surface area contributed by atoms with Crippen molar-refractivity contribution in [3.05, 3.63) is 89.7 Å². The molecule has 3 rings (SSSR count). The van der Waals surface area contributed by atoms with Gasteiger partial charge in [-0.25, -0.2) is 4.39 Å². The van der Waals surface area contributed by atoms with Gasteiger partial charge in [-0.05, 0) is 48.9 Å². The second-order valence-corrected chi connectivity index (χ2v) is 6.06. The van der Waals surface area contributed by atoms with Crippen molar-refractivity contribution in [1.82, 2.24) is 0 Å². The van der Waals surface area contributed by atoms with Gasteiger partial charge < -0.3 is 15.4 Å². The summed E-state index contributed by atoms with van der Waals surface area (Å²) in [6.45, 7) is 2.75. The number of rotatable bonds is 7. The van der Waals surface area contributed by atoms with E-state index >= 15 is 0 Å². The van der Waals surface area contributed by atoms with Crippen molar-refractivity contribution in [3.8, 4) is 5.75 Å². The van der Waals surface area contributed by atoms with Gasteiger partial charge in [-0.1, -0.05) is 36.4 Å². The van der Waals surface area contributed by atoms with E-state index in [1.807, 2.05) is 43.3 Å². The summed E-state index contributed by atoms with van der Waals surface area (Å²) in [6, 6.07) is 21.1. The fourth-order valence-electron chi connectivity index (χ4n) is 2.59. The van der Waals surface area contributed by atoms with Crippen LogP contribution in [0, 0.1) is 12.7 Å². The molecule has 0 unspecified atom stereocenters. The first-order valence-electron chi connectivity index (χ1n) is 8.72. The molecular formula is C22H21FN2O2. The quantitative estimate of drug-likeness (QED) is 0.588. The molecule has 0 aliphatic rings. The number of hydrogen-bond acceptors (Lipinski definition) is 3. The largest absolute Gasteiger partial charge is 0.489 e. The zero-order valence-corrected chi connectivity index (χ0v) is 15.0. The Morgan fingerprint density at radius 3 is 2.52 bits per heavy atom. The molecule has 2 N–H and O–H groups in total. The Labute approximate surface area is 158 Å². The Morgan fingerprint density at radius 1 is 1.00 bits per heavy atom. The van der Waals surface area contributed by atoms with Gasteiger partial charge in [0.2, 0.25) is 0 Å². The highest BCUT2D eigenvalue weighted by atomic mass is 19.1. The van der Waals surface area contributed by atoms with Crippen molar-refractivity contribution in [1.29, 1.82) is 0 Å². The molecule has 0 fully saturated rings. The summed E-state index contributed by atoms with van der Waals surface area (Å²) in [7, 11) is 0. The number of ether oxygens (including phenoxy) is 1. The number of halogens is 1. The molecule has 3 aromatic carbocycles. The van der Waals surface area contributed by atoms with Crippen LogP contribution in [0.4, 0.5) is 15.8 Å². The van der Waals surface area contributed by atoms with Crippen molar-refractivity contribution < 1.29 is 13.9 Å². The number of para-hydroxylation sites is 2. The molecule has 5 heteroatoms. The summed E-state index contributed by atoms with van der Waals surface area (Å²) in [4.78, 5) is 12.4. The molecule has 0 saturated carbocycles. The van der Waals surface area contributed by atoms with Crippen molar-refractivity contribution in [2.45, 2.75) is 6.92 Å². The van der Waals surface area contributed by atoms with Crippen LogP contribution in [0.2, 0.25) is 0 Å². The average Bonchev–Trinajstić information content (AvgIpc) is 2.68. The molecular weight excluding hydrogens is 343 g/mol. The maximum atomic E-state index is 13.5. The fraction of sp³-hybridized carbons (Fsp3) is 0.136. The van der Waals surface area contributed by atoms with Gasteiger partial charge in [-0.3, -0.25) is 4.79 Å². The van der Waals surface area contributed by atoms with E-state index in [0.717, 1.165) is 16.9 Å². The van der Waals surface area contributed by atoms with E-state index in [1.165, 1.54) is 6.07 Å². The summed E-state index contributed by atoms with van der Waals surface area (Å²) >= 11 is 0. The Balaban J connectivity index is 1.58. The Morgan fingerprint density at radius 2 is 1.74 bits per heavy atom. The van der Waals surface area contributed by atoms with E-state index in [1.54, 1.807) is 30.3 Å². The van der Waals surface area contributed by atoms with Crippen LogP contribution in [0.15, 0.2) is 72.8 Å². The second kappa shape index (κ2) is 8.85. The third kappa shape index (κ3) is 5.07. The maximum Gasteiger partial charge on any atom is 0.255 e. The van der Waals surface area contributed by atoms with Gasteiger partial charge in [0.25, 0.3) is 5.91 Å². The Hall–Kier alpha value is -3.34. The molecule has 0 atom stereocenters. The minimum absolute atomic E-state index is 0.174. The minimum Gasteiger partial charge on any atom is -0.489 e. The molecule has 4 nitrogen and oxygen atoms in total. The van der Waals surface area contributed by atoms with Crippen molar-refractivity contribution >= 4 is 17.3 Å². The van der Waals surface area contributed by atoms with Gasteiger partial charge >= 0.3 is 0 Å². The first-order valence-corrected chi connectivity index (χ1v) is 8.72. The molecule has 3 aromatic rings. The molecule has 0 bridgehead atoms. The number of anilines is 2. The Kier molecular flexibility index (Phi) is 6.05. The van der Waals surface area contributed by atoms with Crippen LogP contribution in [0.5, 0.6) is 5.75 Å². The third-order valence-electron chi connectivity index (χ3n) is 4.04. The number of benzene rings is 3. The van der Waals surface area contributed by atoms with Crippen LogP contribution in [0.25, 0.3) is 0 Å². The minimum atomic E-state index is -0.381. The zero-order valence-electron chi connectivity index (χ0n) is 15.0. The lowest BCUT2D eigenvalue weighted by atomic mass is 10.1. The molecule has 0 spiro atoms. The summed E-state index contributed by atoms with van der Waals surface area (Å²) in [5, 5.41) is 6.10. The number of hydrogen-bond donors (Lipinski definition) is 2. The Bertz CT molecular complexity index is 913. The van der Waals surface area contributed by atoms with E-state index in [0.29, 0.717) is 18.7 Å². The fourth-order valence-corrected chi connectivity index (χ4v) is 2.59. The number of nitrogens with one attached hydrogen (secondary N) is 2. The predicted octanol–water partition coefficient (Wildman–Crippen LogP) is 4.88. The summed E-state index contributed by atoms with van der Waals surface area (Å²) in [5.74, 6) is -0.327. The van der Waals surface area contributed by atoms with E-state index in [4.69, 9.17) is 4.74 Å². The topological polar surface area (TPSA) is 50.4 Å². The van der Waals surface area contributed by atoms with Gasteiger partial charge in [-0.2, -0.15) is 0 Å². The molecule has 0 aliphatic carbocycles. The van der Waals surface area contributed by atoms with Crippen molar-refractivity contribution in [2.75, 3.05) is 23.8 Å². The van der Waals surface area contributed by atoms with Crippen molar-refractivity contribution in [3.63, 3.8) is 0 Å². The van der Waals surface area contributed by atoms with E-state index in [-0.39, 0.29) is 17.5 Å².